The number of unbranched alkanes of at least 4 members (excludes halogenated alkanes) is 1. The molecule has 0 aromatic heterocycles. The number of carbonyl (C=O) groups excluding carboxylic acids is 1. The number of rotatable bonds is 15. The van der Waals surface area contributed by atoms with E-state index in [0.717, 1.165) is 30.3 Å². The number of halogens is 1. The predicted octanol–water partition coefficient (Wildman–Crippen LogP) is 2.43. The van der Waals surface area contributed by atoms with Crippen LogP contribution in [0.5, 0.6) is 0 Å². The SMILES string of the molecule is CCNC(=O)CCC/C=C\C[C@@H]1[C@@H](/C=C/[C@@H](O)CCc2ccccc2)[C@H](O)C[C@@H]1O.CC[N+](C)(C)Cc1ccccc1.[Cl-]. The third-order valence-corrected chi connectivity index (χ3v) is 8.08. The summed E-state index contributed by atoms with van der Waals surface area (Å²) in [4.78, 5) is 11.4. The van der Waals surface area contributed by atoms with Gasteiger partial charge in [-0.15, -0.1) is 0 Å². The van der Waals surface area contributed by atoms with Gasteiger partial charge in [0.1, 0.15) is 6.54 Å². The highest BCUT2D eigenvalue weighted by molar-refractivity contribution is 5.75. The fraction of sp³-hybridized carbons (Fsp3) is 0.528. The van der Waals surface area contributed by atoms with Crippen molar-refractivity contribution >= 4 is 5.91 Å². The Morgan fingerprint density at radius 3 is 2.21 bits per heavy atom. The largest absolute Gasteiger partial charge is 1.00 e. The fourth-order valence-electron chi connectivity index (χ4n) is 5.25. The molecule has 3 rings (SSSR count). The number of aryl methyl sites for hydroxylation is 1. The van der Waals surface area contributed by atoms with Crippen LogP contribution in [0.4, 0.5) is 0 Å². The summed E-state index contributed by atoms with van der Waals surface area (Å²) >= 11 is 0. The Balaban J connectivity index is 0.000000596. The van der Waals surface area contributed by atoms with Crippen LogP contribution >= 0.6 is 0 Å². The molecule has 0 aliphatic heterocycles. The Hall–Kier alpha value is -2.48. The van der Waals surface area contributed by atoms with Gasteiger partial charge < -0.3 is 37.5 Å². The van der Waals surface area contributed by atoms with Crippen LogP contribution in [0.15, 0.2) is 85.0 Å². The first-order valence-corrected chi connectivity index (χ1v) is 15.7. The average molecular weight is 615 g/mol. The topological polar surface area (TPSA) is 89.8 Å². The third-order valence-electron chi connectivity index (χ3n) is 8.08. The Kier molecular flexibility index (Phi) is 19.1. The molecular weight excluding hydrogens is 560 g/mol. The molecule has 0 unspecified atom stereocenters. The number of allylic oxidation sites excluding steroid dienone is 2. The number of hydrogen-bond donors (Lipinski definition) is 4. The standard InChI is InChI=1S/C25H37NO4.C11H18N.ClH/c1-2-26-25(30)13-9-4-3-8-12-21-22(24(29)18-23(21)28)17-16-20(27)15-14-19-10-6-5-7-11-19;1-4-12(2,3)10-11-8-6-5-7-9-11;/h3,5-8,10-11,16-17,20-24,27-29H,2,4,9,12-15,18H2,1H3,(H,26,30);5-9H,4,10H2,1-3H3;1H/q;+1;/p-1/b8-3-,17-16+;;/t20-,21+,22+,23-,24+;;/m0../s1. The second-order valence-corrected chi connectivity index (χ2v) is 12.0. The van der Waals surface area contributed by atoms with Crippen LogP contribution in [-0.4, -0.2) is 71.2 Å². The molecule has 4 N–H and O–H groups in total. The zero-order valence-electron chi connectivity index (χ0n) is 26.6. The number of nitrogens with zero attached hydrogens (tertiary/aromatic N) is 1. The van der Waals surface area contributed by atoms with Crippen LogP contribution in [-0.2, 0) is 17.8 Å². The lowest BCUT2D eigenvalue weighted by Gasteiger charge is -2.28. The van der Waals surface area contributed by atoms with Gasteiger partial charge in [-0.2, -0.15) is 0 Å². The highest BCUT2D eigenvalue weighted by atomic mass is 35.5. The summed E-state index contributed by atoms with van der Waals surface area (Å²) in [5, 5.41) is 33.8. The molecule has 1 amide bonds. The molecule has 2 aromatic rings. The minimum Gasteiger partial charge on any atom is -1.00 e. The molecule has 2 aromatic carbocycles. The molecule has 0 saturated heterocycles. The Morgan fingerprint density at radius 2 is 1.60 bits per heavy atom. The smallest absolute Gasteiger partial charge is 0.219 e. The molecule has 1 fully saturated rings. The van der Waals surface area contributed by atoms with E-state index in [1.165, 1.54) is 17.7 Å². The molecule has 0 spiro atoms. The zero-order chi connectivity index (χ0) is 30.8. The first kappa shape index (κ1) is 38.5. The van der Waals surface area contributed by atoms with Crippen molar-refractivity contribution in [2.45, 2.75) is 83.6 Å². The number of nitrogens with one attached hydrogen (secondary N) is 1. The third kappa shape index (κ3) is 15.7. The molecule has 1 aliphatic rings. The summed E-state index contributed by atoms with van der Waals surface area (Å²) in [6, 6.07) is 20.7. The zero-order valence-corrected chi connectivity index (χ0v) is 27.4. The van der Waals surface area contributed by atoms with Gasteiger partial charge >= 0.3 is 0 Å². The van der Waals surface area contributed by atoms with Crippen molar-refractivity contribution in [1.29, 1.82) is 0 Å². The lowest BCUT2D eigenvalue weighted by Crippen LogP contribution is -3.00. The van der Waals surface area contributed by atoms with Gasteiger partial charge in [0.25, 0.3) is 0 Å². The second kappa shape index (κ2) is 21.3. The number of aliphatic hydroxyl groups excluding tert-OH is 3. The lowest BCUT2D eigenvalue weighted by molar-refractivity contribution is -0.901. The van der Waals surface area contributed by atoms with Gasteiger partial charge in [-0.05, 0) is 57.4 Å². The fourth-order valence-corrected chi connectivity index (χ4v) is 5.25. The van der Waals surface area contributed by atoms with E-state index in [0.29, 0.717) is 32.2 Å². The normalized spacial score (nSPS) is 20.8. The molecule has 0 heterocycles. The van der Waals surface area contributed by atoms with E-state index in [1.807, 2.05) is 55.5 Å². The quantitative estimate of drug-likeness (QED) is 0.141. The first-order valence-electron chi connectivity index (χ1n) is 15.7. The van der Waals surface area contributed by atoms with E-state index < -0.39 is 18.3 Å². The van der Waals surface area contributed by atoms with Crippen molar-refractivity contribution < 1.29 is 37.0 Å². The number of hydrogen-bond acceptors (Lipinski definition) is 4. The van der Waals surface area contributed by atoms with Gasteiger partial charge in [-0.1, -0.05) is 85.0 Å². The number of aliphatic hydroxyl groups is 3. The van der Waals surface area contributed by atoms with E-state index in [-0.39, 0.29) is 30.2 Å². The van der Waals surface area contributed by atoms with Crippen molar-refractivity contribution in [2.24, 2.45) is 11.8 Å². The highest BCUT2D eigenvalue weighted by Gasteiger charge is 2.39. The van der Waals surface area contributed by atoms with Crippen molar-refractivity contribution in [1.82, 2.24) is 5.32 Å². The van der Waals surface area contributed by atoms with Crippen molar-refractivity contribution in [3.8, 4) is 0 Å². The van der Waals surface area contributed by atoms with Crippen molar-refractivity contribution in [3.05, 3.63) is 96.1 Å². The minimum absolute atomic E-state index is 0. The van der Waals surface area contributed by atoms with Crippen LogP contribution < -0.4 is 17.7 Å². The van der Waals surface area contributed by atoms with Crippen LogP contribution in [0.2, 0.25) is 0 Å². The molecule has 240 valence electrons. The number of carbonyl (C=O) groups is 1. The Bertz CT molecular complexity index is 1060. The van der Waals surface area contributed by atoms with Gasteiger partial charge in [-0.3, -0.25) is 4.79 Å². The van der Waals surface area contributed by atoms with E-state index in [1.54, 1.807) is 6.08 Å². The van der Waals surface area contributed by atoms with Gasteiger partial charge in [0.05, 0.1) is 39.0 Å². The van der Waals surface area contributed by atoms with Crippen molar-refractivity contribution in [2.75, 3.05) is 27.2 Å². The molecule has 0 radical (unpaired) electrons. The monoisotopic (exact) mass is 614 g/mol. The minimum atomic E-state index is -0.589. The highest BCUT2D eigenvalue weighted by Crippen LogP contribution is 2.36. The Morgan fingerprint density at radius 1 is 0.977 bits per heavy atom. The molecule has 0 bridgehead atoms. The van der Waals surface area contributed by atoms with Gasteiger partial charge in [-0.25, -0.2) is 0 Å². The summed E-state index contributed by atoms with van der Waals surface area (Å²) in [5.41, 5.74) is 2.61. The van der Waals surface area contributed by atoms with Gasteiger partial charge in [0.2, 0.25) is 5.91 Å². The average Bonchev–Trinajstić information content (AvgIpc) is 3.25. The predicted molar refractivity (Wildman–Crippen MR) is 173 cm³/mol. The number of quaternary nitrogens is 1. The molecular formula is C36H55ClN2O4. The van der Waals surface area contributed by atoms with Crippen LogP contribution in [0.25, 0.3) is 0 Å². The van der Waals surface area contributed by atoms with E-state index in [2.05, 4.69) is 56.7 Å². The lowest BCUT2D eigenvalue weighted by atomic mass is 9.89. The molecule has 43 heavy (non-hydrogen) atoms. The summed E-state index contributed by atoms with van der Waals surface area (Å²) in [6.45, 7) is 7.09. The van der Waals surface area contributed by atoms with Gasteiger partial charge in [0.15, 0.2) is 0 Å². The van der Waals surface area contributed by atoms with Crippen LogP contribution in [0.1, 0.15) is 63.5 Å². The summed E-state index contributed by atoms with van der Waals surface area (Å²) < 4.78 is 1.06. The van der Waals surface area contributed by atoms with E-state index in [9.17, 15) is 20.1 Å². The first-order chi connectivity index (χ1) is 20.1. The summed E-state index contributed by atoms with van der Waals surface area (Å²) in [7, 11) is 4.51. The maximum atomic E-state index is 11.4. The van der Waals surface area contributed by atoms with Gasteiger partial charge in [0, 0.05) is 30.9 Å². The summed E-state index contributed by atoms with van der Waals surface area (Å²) in [5.74, 6) is -0.139. The number of benzene rings is 2. The van der Waals surface area contributed by atoms with Crippen LogP contribution in [0.3, 0.4) is 0 Å². The van der Waals surface area contributed by atoms with Crippen LogP contribution in [0, 0.1) is 11.8 Å². The molecule has 6 nitrogen and oxygen atoms in total. The van der Waals surface area contributed by atoms with E-state index in [4.69, 9.17) is 0 Å². The van der Waals surface area contributed by atoms with Crippen molar-refractivity contribution in [3.63, 3.8) is 0 Å². The maximum absolute atomic E-state index is 11.4. The molecule has 1 saturated carbocycles. The molecule has 1 aliphatic carbocycles. The maximum Gasteiger partial charge on any atom is 0.219 e. The summed E-state index contributed by atoms with van der Waals surface area (Å²) in [6.07, 6.45) is 10.6. The molecule has 5 atom stereocenters. The Labute approximate surface area is 266 Å². The number of amides is 1. The molecule has 7 heteroatoms. The second-order valence-electron chi connectivity index (χ2n) is 12.0. The van der Waals surface area contributed by atoms with E-state index >= 15 is 0 Å².